The van der Waals surface area contributed by atoms with Crippen molar-refractivity contribution in [3.8, 4) is 0 Å². The van der Waals surface area contributed by atoms with Crippen molar-refractivity contribution in [3.05, 3.63) is 6.42 Å². The van der Waals surface area contributed by atoms with Gasteiger partial charge < -0.3 is 6.42 Å². The molecule has 0 nitrogen and oxygen atoms in total. The Bertz CT molecular complexity index is 184. The van der Waals surface area contributed by atoms with Crippen LogP contribution in [0.3, 0.4) is 0 Å². The van der Waals surface area contributed by atoms with Crippen LogP contribution in [0.2, 0.25) is 0 Å². The Labute approximate surface area is 241 Å². The molecule has 0 aliphatic heterocycles. The summed E-state index contributed by atoms with van der Waals surface area (Å²) in [6.45, 7) is 27.1. The standard InChI is InChI=1S/2C9H20.C5H12.C4H9.2CH4.K/c2*1-5-8(4)9(6-2)7-3;1-3-5-4-2;1-3-4-2;;;/h2*8-9H,5-7H2,1-4H3;3-5H2,1-2H3;3H,4H2,1-2H3;2*1H4;/q;;;-1;;;+1. The summed E-state index contributed by atoms with van der Waals surface area (Å²) in [5, 5.41) is 0. The van der Waals surface area contributed by atoms with Crippen LogP contribution in [0.4, 0.5) is 0 Å². The van der Waals surface area contributed by atoms with Gasteiger partial charge in [-0.25, -0.2) is 0 Å². The van der Waals surface area contributed by atoms with Crippen LogP contribution >= 0.6 is 0 Å². The summed E-state index contributed by atoms with van der Waals surface area (Å²) in [5.41, 5.74) is 0. The van der Waals surface area contributed by atoms with Crippen molar-refractivity contribution in [1.29, 1.82) is 0 Å². The van der Waals surface area contributed by atoms with Crippen LogP contribution in [-0.2, 0) is 0 Å². The third kappa shape index (κ3) is 40.0. The fourth-order valence-corrected chi connectivity index (χ4v) is 3.21. The van der Waals surface area contributed by atoms with Crippen molar-refractivity contribution in [1.82, 2.24) is 0 Å². The first-order chi connectivity index (χ1) is 12.8. The van der Waals surface area contributed by atoms with Gasteiger partial charge in [-0.2, -0.15) is 13.3 Å². The van der Waals surface area contributed by atoms with Crippen LogP contribution < -0.4 is 51.4 Å². The van der Waals surface area contributed by atoms with Crippen LogP contribution in [0.1, 0.15) is 162 Å². The molecule has 0 aliphatic carbocycles. The van der Waals surface area contributed by atoms with Gasteiger partial charge in [-0.15, -0.1) is 0 Å². The Morgan fingerprint density at radius 2 is 0.767 bits per heavy atom. The van der Waals surface area contributed by atoms with E-state index in [9.17, 15) is 0 Å². The van der Waals surface area contributed by atoms with E-state index in [0.29, 0.717) is 0 Å². The minimum absolute atomic E-state index is 0. The van der Waals surface area contributed by atoms with Gasteiger partial charge in [-0.05, 0) is 23.7 Å². The summed E-state index contributed by atoms with van der Waals surface area (Å²) in [7, 11) is 0. The number of hydrogen-bond acceptors (Lipinski definition) is 0. The predicted octanol–water partition coefficient (Wildman–Crippen LogP) is 9.03. The maximum absolute atomic E-state index is 2.36. The molecule has 1 heteroatoms. The van der Waals surface area contributed by atoms with Crippen molar-refractivity contribution >= 4 is 0 Å². The first kappa shape index (κ1) is 48.9. The number of hydrogen-bond donors (Lipinski definition) is 0. The second kappa shape index (κ2) is 44.3. The van der Waals surface area contributed by atoms with E-state index in [4.69, 9.17) is 0 Å². The van der Waals surface area contributed by atoms with Gasteiger partial charge in [-0.3, -0.25) is 0 Å². The average molecular weight is 457 g/mol. The molecule has 0 saturated heterocycles. The third-order valence-corrected chi connectivity index (χ3v) is 6.11. The van der Waals surface area contributed by atoms with E-state index in [-0.39, 0.29) is 66.2 Å². The molecule has 0 aromatic rings. The minimum Gasteiger partial charge on any atom is -0.332 e. The zero-order valence-electron chi connectivity index (χ0n) is 23.0. The van der Waals surface area contributed by atoms with Gasteiger partial charge in [-0.1, -0.05) is 149 Å². The number of unbranched alkanes of at least 4 members (excludes halogenated alkanes) is 3. The van der Waals surface area contributed by atoms with Gasteiger partial charge >= 0.3 is 51.4 Å². The molecule has 0 heterocycles. The van der Waals surface area contributed by atoms with Gasteiger partial charge in [0.25, 0.3) is 0 Å². The van der Waals surface area contributed by atoms with Gasteiger partial charge in [0, 0.05) is 0 Å². The van der Waals surface area contributed by atoms with Gasteiger partial charge in [0.15, 0.2) is 0 Å². The molecule has 0 aliphatic rings. The molecule has 186 valence electrons. The summed E-state index contributed by atoms with van der Waals surface area (Å²) in [5.74, 6) is 3.80. The smallest absolute Gasteiger partial charge is 0.332 e. The van der Waals surface area contributed by atoms with E-state index in [1.165, 1.54) is 64.2 Å². The second-order valence-corrected chi connectivity index (χ2v) is 8.09. The van der Waals surface area contributed by atoms with Crippen LogP contribution in [0.5, 0.6) is 0 Å². The molecule has 2 unspecified atom stereocenters. The molecular formula is C29H69K. The molecule has 0 N–H and O–H groups in total. The first-order valence-electron chi connectivity index (χ1n) is 12.6. The topological polar surface area (TPSA) is 0 Å². The van der Waals surface area contributed by atoms with E-state index in [1.54, 1.807) is 0 Å². The quantitative estimate of drug-likeness (QED) is 0.215. The fourth-order valence-electron chi connectivity index (χ4n) is 3.21. The monoisotopic (exact) mass is 457 g/mol. The van der Waals surface area contributed by atoms with Gasteiger partial charge in [0.1, 0.15) is 0 Å². The Kier molecular flexibility index (Phi) is 72.3. The minimum atomic E-state index is 0. The third-order valence-electron chi connectivity index (χ3n) is 6.11. The van der Waals surface area contributed by atoms with E-state index >= 15 is 0 Å². The Hall–Kier alpha value is 1.64. The Balaban J connectivity index is -0.0000000477. The van der Waals surface area contributed by atoms with Crippen LogP contribution in [0, 0.1) is 30.1 Å². The van der Waals surface area contributed by atoms with Crippen molar-refractivity contribution in [2.75, 3.05) is 0 Å². The molecular weight excluding hydrogens is 387 g/mol. The normalized spacial score (nSPS) is 11.0. The summed E-state index contributed by atoms with van der Waals surface area (Å²) in [6.07, 6.45) is 15.5. The number of rotatable bonds is 11. The zero-order chi connectivity index (χ0) is 22.1. The van der Waals surface area contributed by atoms with E-state index in [2.05, 4.69) is 89.5 Å². The summed E-state index contributed by atoms with van der Waals surface area (Å²) >= 11 is 0. The fraction of sp³-hybridized carbons (Fsp3) is 0.966. The van der Waals surface area contributed by atoms with Crippen molar-refractivity contribution in [2.45, 2.75) is 162 Å². The van der Waals surface area contributed by atoms with E-state index < -0.39 is 0 Å². The van der Waals surface area contributed by atoms with Gasteiger partial charge in [0.05, 0.1) is 0 Å². The summed E-state index contributed by atoms with van der Waals surface area (Å²) in [4.78, 5) is 0. The molecule has 0 aromatic carbocycles. The molecule has 0 fully saturated rings. The van der Waals surface area contributed by atoms with Crippen molar-refractivity contribution in [2.24, 2.45) is 23.7 Å². The van der Waals surface area contributed by atoms with Crippen LogP contribution in [-0.4, -0.2) is 0 Å². The maximum atomic E-state index is 2.36. The molecule has 0 spiro atoms. The zero-order valence-corrected chi connectivity index (χ0v) is 26.1. The van der Waals surface area contributed by atoms with E-state index in [1.807, 2.05) is 0 Å². The average Bonchev–Trinajstić information content (AvgIpc) is 2.71. The Morgan fingerprint density at radius 3 is 0.800 bits per heavy atom. The summed E-state index contributed by atoms with van der Waals surface area (Å²) in [6, 6.07) is 0. The largest absolute Gasteiger partial charge is 1.00 e. The van der Waals surface area contributed by atoms with Crippen molar-refractivity contribution < 1.29 is 51.4 Å². The van der Waals surface area contributed by atoms with Crippen LogP contribution in [0.25, 0.3) is 0 Å². The molecule has 0 amide bonds. The van der Waals surface area contributed by atoms with Crippen LogP contribution in [0.15, 0.2) is 0 Å². The molecule has 0 saturated carbocycles. The van der Waals surface area contributed by atoms with Crippen molar-refractivity contribution in [3.63, 3.8) is 0 Å². The maximum Gasteiger partial charge on any atom is 1.00 e. The molecule has 0 bridgehead atoms. The molecule has 2 atom stereocenters. The molecule has 0 rings (SSSR count). The first-order valence-corrected chi connectivity index (χ1v) is 12.6. The SMILES string of the molecule is C.C.CCC(C)C(CC)CC.CCC(C)C(CC)CC.CCCCC.C[CH-]CC.[K+]. The van der Waals surface area contributed by atoms with E-state index in [0.717, 1.165) is 23.7 Å². The van der Waals surface area contributed by atoms with Gasteiger partial charge in [0.2, 0.25) is 0 Å². The predicted molar refractivity (Wildman–Crippen MR) is 146 cm³/mol. The second-order valence-electron chi connectivity index (χ2n) is 8.09. The Morgan fingerprint density at radius 1 is 0.533 bits per heavy atom. The molecule has 0 aromatic heterocycles. The molecule has 0 radical (unpaired) electrons. The molecule has 30 heavy (non-hydrogen) atoms. The summed E-state index contributed by atoms with van der Waals surface area (Å²) < 4.78 is 0.